The van der Waals surface area contributed by atoms with Crippen molar-refractivity contribution in [3.63, 3.8) is 0 Å². The number of hydrogen-bond donors (Lipinski definition) is 2. The van der Waals surface area contributed by atoms with E-state index in [1.165, 1.54) is 19.4 Å². The molecule has 0 aliphatic rings. The van der Waals surface area contributed by atoms with Crippen molar-refractivity contribution in [2.45, 2.75) is 17.7 Å². The van der Waals surface area contributed by atoms with E-state index in [2.05, 4.69) is 14.4 Å². The number of carbonyl (C=O) groups excluding carboxylic acids is 1. The Balaban J connectivity index is 2.05. The monoisotopic (exact) mass is 322 g/mol. The van der Waals surface area contributed by atoms with E-state index in [0.29, 0.717) is 0 Å². The predicted molar refractivity (Wildman–Crippen MR) is 82.2 cm³/mol. The van der Waals surface area contributed by atoms with Gasteiger partial charge < -0.3 is 9.72 Å². The van der Waals surface area contributed by atoms with Crippen LogP contribution in [0.2, 0.25) is 0 Å². The molecule has 22 heavy (non-hydrogen) atoms. The van der Waals surface area contributed by atoms with Gasteiger partial charge in [0, 0.05) is 12.7 Å². The molecule has 6 nitrogen and oxygen atoms in total. The van der Waals surface area contributed by atoms with E-state index < -0.39 is 16.0 Å². The van der Waals surface area contributed by atoms with Crippen molar-refractivity contribution in [2.75, 3.05) is 13.7 Å². The van der Waals surface area contributed by atoms with Crippen LogP contribution < -0.4 is 4.72 Å². The zero-order valence-electron chi connectivity index (χ0n) is 12.4. The highest BCUT2D eigenvalue weighted by Crippen LogP contribution is 2.16. The fourth-order valence-corrected chi connectivity index (χ4v) is 3.10. The Morgan fingerprint density at radius 1 is 1.32 bits per heavy atom. The van der Waals surface area contributed by atoms with Crippen molar-refractivity contribution in [1.82, 2.24) is 9.71 Å². The van der Waals surface area contributed by atoms with Crippen LogP contribution in [-0.2, 0) is 14.8 Å². The van der Waals surface area contributed by atoms with E-state index in [4.69, 9.17) is 0 Å². The van der Waals surface area contributed by atoms with Crippen LogP contribution in [0, 0.1) is 0 Å². The molecule has 1 aromatic carbocycles. The number of hydrogen-bond acceptors (Lipinski definition) is 4. The lowest BCUT2D eigenvalue weighted by molar-refractivity contribution is 0.0595. The van der Waals surface area contributed by atoms with E-state index >= 15 is 0 Å². The van der Waals surface area contributed by atoms with Gasteiger partial charge in [-0.15, -0.1) is 0 Å². The molecule has 0 saturated heterocycles. The molecule has 0 amide bonds. The summed E-state index contributed by atoms with van der Waals surface area (Å²) in [6.07, 6.45) is 1.27. The van der Waals surface area contributed by atoms with Gasteiger partial charge in [0.05, 0.1) is 7.11 Å². The zero-order chi connectivity index (χ0) is 16.2. The minimum atomic E-state index is -3.67. The van der Waals surface area contributed by atoms with E-state index in [0.717, 1.165) is 5.56 Å². The summed E-state index contributed by atoms with van der Waals surface area (Å²) in [5.41, 5.74) is 1.15. The van der Waals surface area contributed by atoms with Crippen molar-refractivity contribution in [3.05, 3.63) is 53.9 Å². The lowest BCUT2D eigenvalue weighted by atomic mass is 10.0. The van der Waals surface area contributed by atoms with Gasteiger partial charge in [0.15, 0.2) is 0 Å². The highest BCUT2D eigenvalue weighted by molar-refractivity contribution is 7.89. The highest BCUT2D eigenvalue weighted by Gasteiger charge is 2.19. The molecule has 0 aliphatic carbocycles. The number of methoxy groups -OCH3 is 1. The minimum absolute atomic E-state index is 0.00756. The third-order valence-corrected chi connectivity index (χ3v) is 4.72. The number of ether oxygens (including phenoxy) is 1. The van der Waals surface area contributed by atoms with Crippen molar-refractivity contribution >= 4 is 16.0 Å². The summed E-state index contributed by atoms with van der Waals surface area (Å²) in [7, 11) is -2.44. The smallest absolute Gasteiger partial charge is 0.354 e. The average molecular weight is 322 g/mol. The molecule has 1 heterocycles. The molecule has 1 aromatic heterocycles. The van der Waals surface area contributed by atoms with E-state index in [-0.39, 0.29) is 23.1 Å². The number of benzene rings is 1. The second-order valence-electron chi connectivity index (χ2n) is 4.90. The maximum absolute atomic E-state index is 12.2. The summed E-state index contributed by atoms with van der Waals surface area (Å²) in [6, 6.07) is 10.9. The number of H-pyrrole nitrogens is 1. The number of aromatic amines is 1. The van der Waals surface area contributed by atoms with Crippen LogP contribution in [0.15, 0.2) is 47.5 Å². The van der Waals surface area contributed by atoms with Crippen molar-refractivity contribution in [3.8, 4) is 0 Å². The number of sulfonamides is 1. The van der Waals surface area contributed by atoms with Gasteiger partial charge in [-0.2, -0.15) is 0 Å². The Labute approximate surface area is 129 Å². The van der Waals surface area contributed by atoms with Crippen LogP contribution in [0.3, 0.4) is 0 Å². The summed E-state index contributed by atoms with van der Waals surface area (Å²) < 4.78 is 31.5. The maximum atomic E-state index is 12.2. The summed E-state index contributed by atoms with van der Waals surface area (Å²) >= 11 is 0. The number of rotatable bonds is 6. The van der Waals surface area contributed by atoms with Crippen molar-refractivity contribution in [1.29, 1.82) is 0 Å². The van der Waals surface area contributed by atoms with E-state index in [9.17, 15) is 13.2 Å². The second kappa shape index (κ2) is 6.76. The molecule has 7 heteroatoms. The molecular weight excluding hydrogens is 304 g/mol. The minimum Gasteiger partial charge on any atom is -0.464 e. The summed E-state index contributed by atoms with van der Waals surface area (Å²) in [4.78, 5) is 13.9. The van der Waals surface area contributed by atoms with Gasteiger partial charge in [-0.25, -0.2) is 17.9 Å². The van der Waals surface area contributed by atoms with Crippen LogP contribution in [0.25, 0.3) is 0 Å². The zero-order valence-corrected chi connectivity index (χ0v) is 13.2. The first kappa shape index (κ1) is 16.3. The number of carbonyl (C=O) groups is 1. The second-order valence-corrected chi connectivity index (χ2v) is 6.67. The molecule has 0 aliphatic heterocycles. The van der Waals surface area contributed by atoms with Crippen molar-refractivity contribution in [2.24, 2.45) is 0 Å². The van der Waals surface area contributed by atoms with Gasteiger partial charge in [-0.3, -0.25) is 0 Å². The fraction of sp³-hybridized carbons (Fsp3) is 0.267. The molecule has 2 N–H and O–H groups in total. The van der Waals surface area contributed by atoms with Crippen LogP contribution >= 0.6 is 0 Å². The largest absolute Gasteiger partial charge is 0.464 e. The Bertz CT molecular complexity index is 738. The topological polar surface area (TPSA) is 88.3 Å². The van der Waals surface area contributed by atoms with Gasteiger partial charge in [0.1, 0.15) is 10.6 Å². The molecule has 0 bridgehead atoms. The molecule has 0 fully saturated rings. The predicted octanol–water partition coefficient (Wildman–Crippen LogP) is 1.88. The summed E-state index contributed by atoms with van der Waals surface area (Å²) in [6.45, 7) is 2.21. The quantitative estimate of drug-likeness (QED) is 0.795. The molecule has 118 valence electrons. The first-order valence-corrected chi connectivity index (χ1v) is 8.23. The number of aromatic nitrogens is 1. The van der Waals surface area contributed by atoms with Crippen molar-refractivity contribution < 1.29 is 17.9 Å². The molecule has 0 spiro atoms. The molecule has 1 atom stereocenters. The van der Waals surface area contributed by atoms with E-state index in [1.807, 2.05) is 37.3 Å². The maximum Gasteiger partial charge on any atom is 0.354 e. The first-order valence-electron chi connectivity index (χ1n) is 6.75. The van der Waals surface area contributed by atoms with Gasteiger partial charge in [-0.1, -0.05) is 37.3 Å². The van der Waals surface area contributed by atoms with E-state index in [1.54, 1.807) is 0 Å². The van der Waals surface area contributed by atoms with Gasteiger partial charge in [-0.05, 0) is 17.5 Å². The Hall–Kier alpha value is -2.12. The SMILES string of the molecule is COC(=O)c1cc(S(=O)(=O)NC[C@H](C)c2ccccc2)c[nH]1. The van der Waals surface area contributed by atoms with Crippen LogP contribution in [0.4, 0.5) is 0 Å². The summed E-state index contributed by atoms with van der Waals surface area (Å²) in [5, 5.41) is 0. The standard InChI is InChI=1S/C15H18N2O4S/c1-11(12-6-4-3-5-7-12)9-17-22(19,20)13-8-14(16-10-13)15(18)21-2/h3-8,10-11,16-17H,9H2,1-2H3/t11-/m0/s1. The number of esters is 1. The molecule has 0 saturated carbocycles. The third-order valence-electron chi connectivity index (χ3n) is 3.32. The molecule has 0 radical (unpaired) electrons. The molecule has 2 aromatic rings. The Morgan fingerprint density at radius 3 is 2.64 bits per heavy atom. The lowest BCUT2D eigenvalue weighted by Crippen LogP contribution is -2.27. The van der Waals surface area contributed by atoms with Gasteiger partial charge in [0.2, 0.25) is 10.0 Å². The summed E-state index contributed by atoms with van der Waals surface area (Å²) in [5.74, 6) is -0.575. The first-order chi connectivity index (χ1) is 10.4. The molecular formula is C15H18N2O4S. The number of nitrogens with one attached hydrogen (secondary N) is 2. The van der Waals surface area contributed by atoms with Gasteiger partial charge >= 0.3 is 5.97 Å². The van der Waals surface area contributed by atoms with Crippen LogP contribution in [0.5, 0.6) is 0 Å². The van der Waals surface area contributed by atoms with Crippen LogP contribution in [0.1, 0.15) is 28.9 Å². The van der Waals surface area contributed by atoms with Crippen LogP contribution in [-0.4, -0.2) is 33.0 Å². The Morgan fingerprint density at radius 2 is 2.00 bits per heavy atom. The van der Waals surface area contributed by atoms with Gasteiger partial charge in [0.25, 0.3) is 0 Å². The third kappa shape index (κ3) is 3.75. The fourth-order valence-electron chi connectivity index (χ4n) is 1.97. The normalized spacial score (nSPS) is 12.8. The molecule has 2 rings (SSSR count). The molecule has 0 unspecified atom stereocenters. The highest BCUT2D eigenvalue weighted by atomic mass is 32.2. The lowest BCUT2D eigenvalue weighted by Gasteiger charge is -2.12. The average Bonchev–Trinajstić information content (AvgIpc) is 3.03. The Kier molecular flexibility index (Phi) is 4.99.